The summed E-state index contributed by atoms with van der Waals surface area (Å²) in [4.78, 5) is 17.5. The van der Waals surface area contributed by atoms with Gasteiger partial charge in [0.05, 0.1) is 19.8 Å². The van der Waals surface area contributed by atoms with Crippen LogP contribution in [-0.4, -0.2) is 44.8 Å². The van der Waals surface area contributed by atoms with Crippen LogP contribution in [0.2, 0.25) is 0 Å². The van der Waals surface area contributed by atoms with E-state index in [-0.39, 0.29) is 5.97 Å². The van der Waals surface area contributed by atoms with Crippen molar-refractivity contribution in [2.45, 2.75) is 32.6 Å². The van der Waals surface area contributed by atoms with Gasteiger partial charge >= 0.3 is 5.97 Å². The smallest absolute Gasteiger partial charge is 0.305 e. The van der Waals surface area contributed by atoms with Crippen LogP contribution in [0.4, 0.5) is 5.69 Å². The number of carbonyl (C=O) groups is 1. The summed E-state index contributed by atoms with van der Waals surface area (Å²) < 4.78 is 16.4. The van der Waals surface area contributed by atoms with Crippen LogP contribution in [0, 0.1) is 0 Å². The number of nitrogens with zero attached hydrogens (tertiary/aromatic N) is 1. The van der Waals surface area contributed by atoms with Gasteiger partial charge in [-0.05, 0) is 43.3 Å². The lowest BCUT2D eigenvalue weighted by atomic mass is 10.2. The van der Waals surface area contributed by atoms with Gasteiger partial charge in [-0.1, -0.05) is 6.07 Å². The summed E-state index contributed by atoms with van der Waals surface area (Å²) in [5, 5.41) is 8.78. The largest absolute Gasteiger partial charge is 0.490 e. The number of hydrogen-bond acceptors (Lipinski definition) is 6. The van der Waals surface area contributed by atoms with Gasteiger partial charge in [0.15, 0.2) is 17.5 Å². The molecule has 0 aliphatic carbocycles. The van der Waals surface area contributed by atoms with Gasteiger partial charge in [-0.2, -0.15) is 0 Å². The number of rotatable bonds is 9. The number of carbonyl (C=O) groups excluding carboxylic acids is 1. The molecule has 2 heterocycles. The number of hydrogen-bond donors (Lipinski definition) is 2. The second-order valence-corrected chi connectivity index (χ2v) is 7.76. The molecular formula is C22H29N3O4S. The zero-order valence-electron chi connectivity index (χ0n) is 17.3. The average molecular weight is 432 g/mol. The SMILES string of the molecule is CCOC(=O)CCCN=C(NCCc1cccs1)Nc1ccc2c(c1)OCCCO2. The van der Waals surface area contributed by atoms with Crippen LogP contribution >= 0.6 is 11.3 Å². The maximum Gasteiger partial charge on any atom is 0.305 e. The van der Waals surface area contributed by atoms with Crippen LogP contribution in [-0.2, 0) is 16.0 Å². The molecule has 1 aromatic carbocycles. The van der Waals surface area contributed by atoms with Crippen LogP contribution in [0.3, 0.4) is 0 Å². The summed E-state index contributed by atoms with van der Waals surface area (Å²) in [6.07, 6.45) is 2.79. The molecule has 0 radical (unpaired) electrons. The first-order chi connectivity index (χ1) is 14.7. The number of esters is 1. The first kappa shape index (κ1) is 22.0. The minimum absolute atomic E-state index is 0.184. The molecule has 2 N–H and O–H groups in total. The second kappa shape index (κ2) is 12.1. The van der Waals surface area contributed by atoms with E-state index in [0.717, 1.165) is 36.6 Å². The predicted molar refractivity (Wildman–Crippen MR) is 120 cm³/mol. The summed E-state index contributed by atoms with van der Waals surface area (Å²) in [6.45, 7) is 4.81. The fourth-order valence-corrected chi connectivity index (χ4v) is 3.63. The number of ether oxygens (including phenoxy) is 3. The second-order valence-electron chi connectivity index (χ2n) is 6.73. The molecule has 2 aromatic rings. The fourth-order valence-electron chi connectivity index (χ4n) is 2.92. The third-order valence-electron chi connectivity index (χ3n) is 4.37. The molecule has 0 fully saturated rings. The van der Waals surface area contributed by atoms with Crippen LogP contribution < -0.4 is 20.1 Å². The molecule has 1 aromatic heterocycles. The number of guanidine groups is 1. The Hall–Kier alpha value is -2.74. The summed E-state index contributed by atoms with van der Waals surface area (Å²) in [6, 6.07) is 9.96. The summed E-state index contributed by atoms with van der Waals surface area (Å²) in [7, 11) is 0. The van der Waals surface area contributed by atoms with Gasteiger partial charge in [-0.15, -0.1) is 11.3 Å². The van der Waals surface area contributed by atoms with Crippen LogP contribution in [0.1, 0.15) is 31.1 Å². The van der Waals surface area contributed by atoms with E-state index in [1.807, 2.05) is 25.1 Å². The molecule has 3 rings (SSSR count). The molecule has 0 unspecified atom stereocenters. The van der Waals surface area contributed by atoms with Crippen molar-refractivity contribution in [2.75, 3.05) is 38.2 Å². The Kier molecular flexibility index (Phi) is 8.83. The number of benzene rings is 1. The topological polar surface area (TPSA) is 81.2 Å². The molecule has 30 heavy (non-hydrogen) atoms. The van der Waals surface area contributed by atoms with Crippen molar-refractivity contribution in [2.24, 2.45) is 4.99 Å². The molecule has 0 saturated heterocycles. The van der Waals surface area contributed by atoms with Gasteiger partial charge in [-0.3, -0.25) is 9.79 Å². The lowest BCUT2D eigenvalue weighted by molar-refractivity contribution is -0.143. The van der Waals surface area contributed by atoms with E-state index in [9.17, 15) is 4.79 Å². The lowest BCUT2D eigenvalue weighted by Gasteiger charge is -2.14. The van der Waals surface area contributed by atoms with E-state index in [2.05, 4.69) is 33.1 Å². The van der Waals surface area contributed by atoms with E-state index in [1.165, 1.54) is 4.88 Å². The molecule has 0 saturated carbocycles. The van der Waals surface area contributed by atoms with Crippen molar-refractivity contribution < 1.29 is 19.0 Å². The molecule has 7 nitrogen and oxygen atoms in total. The van der Waals surface area contributed by atoms with Crippen LogP contribution in [0.15, 0.2) is 40.7 Å². The molecule has 1 aliphatic heterocycles. The molecule has 0 atom stereocenters. The highest BCUT2D eigenvalue weighted by Crippen LogP contribution is 2.32. The molecule has 0 amide bonds. The average Bonchev–Trinajstić information content (AvgIpc) is 3.15. The summed E-state index contributed by atoms with van der Waals surface area (Å²) >= 11 is 1.74. The highest BCUT2D eigenvalue weighted by atomic mass is 32.1. The fraction of sp³-hybridized carbons (Fsp3) is 0.455. The molecule has 0 bridgehead atoms. The van der Waals surface area contributed by atoms with Crippen molar-refractivity contribution in [1.29, 1.82) is 0 Å². The van der Waals surface area contributed by atoms with E-state index in [4.69, 9.17) is 14.2 Å². The molecule has 0 spiro atoms. The standard InChI is InChI=1S/C22H29N3O4S/c1-2-27-21(26)7-3-11-23-22(24-12-10-18-6-4-15-30-18)25-17-8-9-19-20(16-17)29-14-5-13-28-19/h4,6,8-9,15-16H,2-3,5,7,10-14H2,1H3,(H2,23,24,25). The van der Waals surface area contributed by atoms with Crippen molar-refractivity contribution in [1.82, 2.24) is 5.32 Å². The van der Waals surface area contributed by atoms with Gasteiger partial charge < -0.3 is 24.8 Å². The van der Waals surface area contributed by atoms with E-state index >= 15 is 0 Å². The van der Waals surface area contributed by atoms with Gasteiger partial charge in [0.2, 0.25) is 0 Å². The van der Waals surface area contributed by atoms with E-state index in [1.54, 1.807) is 11.3 Å². The first-order valence-corrected chi connectivity index (χ1v) is 11.3. The third-order valence-corrected chi connectivity index (χ3v) is 5.30. The van der Waals surface area contributed by atoms with Crippen molar-refractivity contribution in [3.05, 3.63) is 40.6 Å². The first-order valence-electron chi connectivity index (χ1n) is 10.4. The molecule has 1 aliphatic rings. The van der Waals surface area contributed by atoms with E-state index < -0.39 is 0 Å². The highest BCUT2D eigenvalue weighted by Gasteiger charge is 2.11. The predicted octanol–water partition coefficient (Wildman–Crippen LogP) is 3.85. The Bertz CT molecular complexity index is 824. The number of thiophene rings is 1. The number of anilines is 1. The van der Waals surface area contributed by atoms with Crippen LogP contribution in [0.5, 0.6) is 11.5 Å². The Morgan fingerprint density at radius 1 is 1.23 bits per heavy atom. The zero-order chi connectivity index (χ0) is 21.0. The Labute approximate surface area is 181 Å². The number of fused-ring (bicyclic) bond motifs is 1. The Morgan fingerprint density at radius 3 is 2.90 bits per heavy atom. The van der Waals surface area contributed by atoms with Gasteiger partial charge in [0, 0.05) is 42.6 Å². The number of nitrogens with one attached hydrogen (secondary N) is 2. The summed E-state index contributed by atoms with van der Waals surface area (Å²) in [5.74, 6) is 1.98. The van der Waals surface area contributed by atoms with Gasteiger partial charge in [0.1, 0.15) is 0 Å². The minimum atomic E-state index is -0.184. The molecular weight excluding hydrogens is 402 g/mol. The summed E-state index contributed by atoms with van der Waals surface area (Å²) in [5.41, 5.74) is 0.868. The molecule has 8 heteroatoms. The van der Waals surface area contributed by atoms with E-state index in [0.29, 0.717) is 45.2 Å². The monoisotopic (exact) mass is 431 g/mol. The van der Waals surface area contributed by atoms with Crippen molar-refractivity contribution in [3.8, 4) is 11.5 Å². The normalized spacial score (nSPS) is 13.4. The number of aliphatic imine (C=N–C) groups is 1. The quantitative estimate of drug-likeness (QED) is 0.272. The van der Waals surface area contributed by atoms with Crippen molar-refractivity contribution >= 4 is 29.0 Å². The third kappa shape index (κ3) is 7.26. The lowest BCUT2D eigenvalue weighted by Crippen LogP contribution is -2.32. The maximum absolute atomic E-state index is 11.5. The van der Waals surface area contributed by atoms with Crippen LogP contribution in [0.25, 0.3) is 0 Å². The van der Waals surface area contributed by atoms with Gasteiger partial charge in [0.25, 0.3) is 0 Å². The molecule has 162 valence electrons. The minimum Gasteiger partial charge on any atom is -0.490 e. The Morgan fingerprint density at radius 2 is 2.10 bits per heavy atom. The van der Waals surface area contributed by atoms with Crippen molar-refractivity contribution in [3.63, 3.8) is 0 Å². The Balaban J connectivity index is 1.59. The zero-order valence-corrected chi connectivity index (χ0v) is 18.1. The highest BCUT2D eigenvalue weighted by molar-refractivity contribution is 7.09. The van der Waals surface area contributed by atoms with Gasteiger partial charge in [-0.25, -0.2) is 0 Å². The maximum atomic E-state index is 11.5.